The molecule has 0 saturated carbocycles. The molecule has 0 saturated heterocycles. The number of nitrogens with two attached hydrogens (primary N) is 1. The molecule has 0 unspecified atom stereocenters. The number of aryl methyl sites for hydroxylation is 1. The van der Waals surface area contributed by atoms with Crippen molar-refractivity contribution in [1.29, 1.82) is 0 Å². The molecule has 0 aliphatic heterocycles. The highest BCUT2D eigenvalue weighted by molar-refractivity contribution is 5.94. The van der Waals surface area contributed by atoms with Gasteiger partial charge in [-0.2, -0.15) is 0 Å². The lowest BCUT2D eigenvalue weighted by Gasteiger charge is -2.13. The number of hydrogen-bond donors (Lipinski definition) is 2. The van der Waals surface area contributed by atoms with Gasteiger partial charge in [-0.15, -0.1) is 0 Å². The summed E-state index contributed by atoms with van der Waals surface area (Å²) < 4.78 is 0. The van der Waals surface area contributed by atoms with E-state index in [2.05, 4.69) is 35.4 Å². The Hall–Kier alpha value is -2.55. The molecule has 0 radical (unpaired) electrons. The summed E-state index contributed by atoms with van der Waals surface area (Å²) >= 11 is 0. The number of rotatable bonds is 3. The topological polar surface area (TPSA) is 50.9 Å². The number of hydrogen-bond acceptors (Lipinski definition) is 3. The third-order valence-electron chi connectivity index (χ3n) is 3.43. The van der Waals surface area contributed by atoms with Crippen LogP contribution in [0.1, 0.15) is 12.5 Å². The highest BCUT2D eigenvalue weighted by atomic mass is 14.9. The number of anilines is 3. The highest BCUT2D eigenvalue weighted by Crippen LogP contribution is 2.28. The van der Waals surface area contributed by atoms with Crippen LogP contribution in [0.3, 0.4) is 0 Å². The van der Waals surface area contributed by atoms with E-state index in [9.17, 15) is 0 Å². The summed E-state index contributed by atoms with van der Waals surface area (Å²) in [4.78, 5) is 4.37. The molecule has 0 bridgehead atoms. The fourth-order valence-electron chi connectivity index (χ4n) is 2.37. The molecule has 100 valence electrons. The zero-order valence-corrected chi connectivity index (χ0v) is 11.4. The molecule has 20 heavy (non-hydrogen) atoms. The maximum Gasteiger partial charge on any atom is 0.0743 e. The van der Waals surface area contributed by atoms with Crippen LogP contribution < -0.4 is 11.1 Å². The summed E-state index contributed by atoms with van der Waals surface area (Å²) in [5, 5.41) is 4.58. The largest absolute Gasteiger partial charge is 0.399 e. The maximum atomic E-state index is 5.81. The number of para-hydroxylation sites is 1. The highest BCUT2D eigenvalue weighted by Gasteiger charge is 2.05. The summed E-state index contributed by atoms with van der Waals surface area (Å²) in [6, 6.07) is 16.1. The lowest BCUT2D eigenvalue weighted by molar-refractivity contribution is 1.14. The number of nitrogens with one attached hydrogen (secondary N) is 1. The average molecular weight is 263 g/mol. The summed E-state index contributed by atoms with van der Waals surface area (Å²) in [7, 11) is 0. The van der Waals surface area contributed by atoms with Gasteiger partial charge in [-0.25, -0.2) is 0 Å². The number of pyridine rings is 1. The molecule has 0 aliphatic rings. The molecule has 1 heterocycles. The van der Waals surface area contributed by atoms with Gasteiger partial charge in [0.25, 0.3) is 0 Å². The number of nitrogens with zero attached hydrogens (tertiary/aromatic N) is 1. The van der Waals surface area contributed by atoms with Crippen LogP contribution in [0, 0.1) is 0 Å². The van der Waals surface area contributed by atoms with Gasteiger partial charge < -0.3 is 11.1 Å². The number of nitrogen functional groups attached to an aromatic ring is 1. The van der Waals surface area contributed by atoms with E-state index in [0.717, 1.165) is 34.4 Å². The molecule has 3 rings (SSSR count). The normalized spacial score (nSPS) is 10.7. The summed E-state index contributed by atoms with van der Waals surface area (Å²) in [5.74, 6) is 0. The van der Waals surface area contributed by atoms with Crippen molar-refractivity contribution in [3.63, 3.8) is 0 Å². The van der Waals surface area contributed by atoms with Crippen LogP contribution in [0.2, 0.25) is 0 Å². The standard InChI is InChI=1S/C17H17N3/c1-2-12-5-3-4-6-15(12)20-16-9-10-19-17-11-13(18)7-8-14(16)17/h3-11H,2,18H2,1H3,(H,19,20). The third-order valence-corrected chi connectivity index (χ3v) is 3.43. The van der Waals surface area contributed by atoms with E-state index >= 15 is 0 Å². The van der Waals surface area contributed by atoms with Crippen LogP contribution in [-0.4, -0.2) is 4.98 Å². The molecule has 0 amide bonds. The van der Waals surface area contributed by atoms with Gasteiger partial charge in [0.15, 0.2) is 0 Å². The van der Waals surface area contributed by atoms with E-state index in [0.29, 0.717) is 0 Å². The van der Waals surface area contributed by atoms with E-state index in [1.54, 1.807) is 6.20 Å². The second-order valence-corrected chi connectivity index (χ2v) is 4.77. The van der Waals surface area contributed by atoms with E-state index in [1.165, 1.54) is 5.56 Å². The fraction of sp³-hybridized carbons (Fsp3) is 0.118. The molecule has 3 heteroatoms. The number of fused-ring (bicyclic) bond motifs is 1. The first-order valence-electron chi connectivity index (χ1n) is 6.77. The maximum absolute atomic E-state index is 5.81. The van der Waals surface area contributed by atoms with Gasteiger partial charge in [0.2, 0.25) is 0 Å². The van der Waals surface area contributed by atoms with Gasteiger partial charge >= 0.3 is 0 Å². The number of benzene rings is 2. The SMILES string of the molecule is CCc1ccccc1Nc1ccnc2cc(N)ccc12. The first kappa shape index (κ1) is 12.5. The summed E-state index contributed by atoms with van der Waals surface area (Å²) in [6.45, 7) is 2.16. The van der Waals surface area contributed by atoms with Crippen LogP contribution in [-0.2, 0) is 6.42 Å². The van der Waals surface area contributed by atoms with Gasteiger partial charge in [0.1, 0.15) is 0 Å². The van der Waals surface area contributed by atoms with E-state index in [4.69, 9.17) is 5.73 Å². The minimum absolute atomic E-state index is 0.733. The van der Waals surface area contributed by atoms with Gasteiger partial charge in [-0.1, -0.05) is 25.1 Å². The fourth-order valence-corrected chi connectivity index (χ4v) is 2.37. The second kappa shape index (κ2) is 5.21. The lowest BCUT2D eigenvalue weighted by atomic mass is 10.1. The molecule has 1 aromatic heterocycles. The molecular weight excluding hydrogens is 246 g/mol. The van der Waals surface area contributed by atoms with E-state index in [-0.39, 0.29) is 0 Å². The molecule has 3 aromatic rings. The molecule has 2 aromatic carbocycles. The zero-order valence-electron chi connectivity index (χ0n) is 11.4. The van der Waals surface area contributed by atoms with Crippen molar-refractivity contribution in [3.05, 3.63) is 60.3 Å². The number of aromatic nitrogens is 1. The van der Waals surface area contributed by atoms with Gasteiger partial charge in [0, 0.05) is 28.6 Å². The lowest BCUT2D eigenvalue weighted by Crippen LogP contribution is -1.96. The summed E-state index contributed by atoms with van der Waals surface area (Å²) in [5.41, 5.74) is 10.9. The third kappa shape index (κ3) is 2.30. The molecule has 3 N–H and O–H groups in total. The molecule has 0 aliphatic carbocycles. The smallest absolute Gasteiger partial charge is 0.0743 e. The van der Waals surface area contributed by atoms with Crippen molar-refractivity contribution in [2.24, 2.45) is 0 Å². The Morgan fingerprint density at radius 3 is 2.75 bits per heavy atom. The van der Waals surface area contributed by atoms with Crippen molar-refractivity contribution in [2.75, 3.05) is 11.1 Å². The zero-order chi connectivity index (χ0) is 13.9. The van der Waals surface area contributed by atoms with Crippen LogP contribution in [0.4, 0.5) is 17.1 Å². The Balaban J connectivity index is 2.07. The van der Waals surface area contributed by atoms with Gasteiger partial charge in [0.05, 0.1) is 5.52 Å². The molecule has 0 fully saturated rings. The van der Waals surface area contributed by atoms with Crippen molar-refractivity contribution in [1.82, 2.24) is 4.98 Å². The second-order valence-electron chi connectivity index (χ2n) is 4.77. The Kier molecular flexibility index (Phi) is 3.25. The molecular formula is C17H17N3. The Morgan fingerprint density at radius 1 is 1.05 bits per heavy atom. The minimum atomic E-state index is 0.733. The first-order chi connectivity index (χ1) is 9.78. The first-order valence-corrected chi connectivity index (χ1v) is 6.77. The van der Waals surface area contributed by atoms with Gasteiger partial charge in [-0.05, 0) is 42.3 Å². The Morgan fingerprint density at radius 2 is 1.90 bits per heavy atom. The van der Waals surface area contributed by atoms with Crippen molar-refractivity contribution in [3.8, 4) is 0 Å². The van der Waals surface area contributed by atoms with E-state index < -0.39 is 0 Å². The van der Waals surface area contributed by atoms with Gasteiger partial charge in [-0.3, -0.25) is 4.98 Å². The van der Waals surface area contributed by atoms with E-state index in [1.807, 2.05) is 30.3 Å². The van der Waals surface area contributed by atoms with Crippen LogP contribution in [0.15, 0.2) is 54.7 Å². The monoisotopic (exact) mass is 263 g/mol. The molecule has 0 spiro atoms. The predicted octanol–water partition coefficient (Wildman–Crippen LogP) is 4.12. The van der Waals surface area contributed by atoms with Crippen molar-refractivity contribution in [2.45, 2.75) is 13.3 Å². The van der Waals surface area contributed by atoms with Crippen LogP contribution >= 0.6 is 0 Å². The van der Waals surface area contributed by atoms with Crippen LogP contribution in [0.25, 0.3) is 10.9 Å². The average Bonchev–Trinajstić information content (AvgIpc) is 2.47. The molecule has 3 nitrogen and oxygen atoms in total. The summed E-state index contributed by atoms with van der Waals surface area (Å²) in [6.07, 6.45) is 2.80. The predicted molar refractivity (Wildman–Crippen MR) is 85.3 cm³/mol. The van der Waals surface area contributed by atoms with Crippen molar-refractivity contribution >= 4 is 28.0 Å². The Labute approximate surface area is 118 Å². The Bertz CT molecular complexity index is 750. The minimum Gasteiger partial charge on any atom is -0.399 e. The van der Waals surface area contributed by atoms with Crippen molar-refractivity contribution < 1.29 is 0 Å². The molecule has 0 atom stereocenters. The van der Waals surface area contributed by atoms with Crippen LogP contribution in [0.5, 0.6) is 0 Å². The quantitative estimate of drug-likeness (QED) is 0.699.